The molecule has 0 unspecified atom stereocenters. The zero-order valence-electron chi connectivity index (χ0n) is 13.3. The minimum Gasteiger partial charge on any atom is -0.508 e. The molecule has 0 aliphatic carbocycles. The van der Waals surface area contributed by atoms with Crippen molar-refractivity contribution in [2.75, 3.05) is 0 Å². The molecule has 0 spiro atoms. The highest BCUT2D eigenvalue weighted by Gasteiger charge is 2.10. The molecule has 1 aromatic heterocycles. The molecule has 0 aliphatic rings. The van der Waals surface area contributed by atoms with Crippen LogP contribution in [0.3, 0.4) is 0 Å². The molecule has 3 rings (SSSR count). The van der Waals surface area contributed by atoms with E-state index in [4.69, 9.17) is 16.0 Å². The Bertz CT molecular complexity index is 934. The van der Waals surface area contributed by atoms with E-state index in [1.54, 1.807) is 0 Å². The second kappa shape index (κ2) is 7.07. The number of phenols is 1. The molecule has 3 aromatic rings. The summed E-state index contributed by atoms with van der Waals surface area (Å²) in [7, 11) is 0. The first-order valence-corrected chi connectivity index (χ1v) is 8.19. The third-order valence-corrected chi connectivity index (χ3v) is 4.37. The third kappa shape index (κ3) is 3.45. The van der Waals surface area contributed by atoms with Gasteiger partial charge in [-0.15, -0.1) is 0 Å². The zero-order chi connectivity index (χ0) is 17.1. The van der Waals surface area contributed by atoms with Gasteiger partial charge in [0, 0.05) is 35.6 Å². The summed E-state index contributed by atoms with van der Waals surface area (Å²) >= 11 is 6.15. The highest BCUT2D eigenvalue weighted by molar-refractivity contribution is 6.31. The van der Waals surface area contributed by atoms with Crippen LogP contribution in [-0.2, 0) is 19.5 Å². The predicted octanol–water partition coefficient (Wildman–Crippen LogP) is 4.00. The number of nitrogens with one attached hydrogen (secondary N) is 1. The molecular weight excluding hydrogens is 326 g/mol. The SMILES string of the molecule is CCc1cc2c(CNCc3ccccc3Cl)cc(=O)oc2cc1O. The molecule has 2 aromatic carbocycles. The molecule has 0 amide bonds. The van der Waals surface area contributed by atoms with Crippen molar-refractivity contribution in [3.63, 3.8) is 0 Å². The minimum atomic E-state index is -0.430. The van der Waals surface area contributed by atoms with E-state index >= 15 is 0 Å². The second-order valence-corrected chi connectivity index (χ2v) is 6.02. The van der Waals surface area contributed by atoms with Gasteiger partial charge in [0.25, 0.3) is 0 Å². The normalized spacial score (nSPS) is 11.1. The van der Waals surface area contributed by atoms with Gasteiger partial charge in [0.05, 0.1) is 0 Å². The zero-order valence-corrected chi connectivity index (χ0v) is 14.1. The van der Waals surface area contributed by atoms with Gasteiger partial charge in [-0.1, -0.05) is 36.7 Å². The van der Waals surface area contributed by atoms with Gasteiger partial charge in [-0.2, -0.15) is 0 Å². The van der Waals surface area contributed by atoms with E-state index in [1.165, 1.54) is 12.1 Å². The van der Waals surface area contributed by atoms with Crippen LogP contribution in [0.5, 0.6) is 5.75 Å². The van der Waals surface area contributed by atoms with Crippen molar-refractivity contribution < 1.29 is 9.52 Å². The second-order valence-electron chi connectivity index (χ2n) is 5.62. The topological polar surface area (TPSA) is 62.5 Å². The van der Waals surface area contributed by atoms with E-state index in [0.29, 0.717) is 30.1 Å². The van der Waals surface area contributed by atoms with Crippen LogP contribution in [0.25, 0.3) is 11.0 Å². The first-order chi connectivity index (χ1) is 11.6. The summed E-state index contributed by atoms with van der Waals surface area (Å²) < 4.78 is 5.20. The maximum absolute atomic E-state index is 11.8. The Morgan fingerprint density at radius 1 is 1.08 bits per heavy atom. The number of fused-ring (bicyclic) bond motifs is 1. The lowest BCUT2D eigenvalue weighted by molar-refractivity contribution is 0.466. The number of hydrogen-bond acceptors (Lipinski definition) is 4. The van der Waals surface area contributed by atoms with Gasteiger partial charge in [0.1, 0.15) is 11.3 Å². The fraction of sp³-hybridized carbons (Fsp3) is 0.211. The molecule has 0 aliphatic heterocycles. The van der Waals surface area contributed by atoms with Crippen molar-refractivity contribution in [3.8, 4) is 5.75 Å². The van der Waals surface area contributed by atoms with E-state index in [2.05, 4.69) is 5.32 Å². The molecule has 0 bridgehead atoms. The number of halogens is 1. The molecule has 0 atom stereocenters. The fourth-order valence-corrected chi connectivity index (χ4v) is 2.91. The molecule has 124 valence electrons. The maximum atomic E-state index is 11.8. The van der Waals surface area contributed by atoms with Crippen molar-refractivity contribution in [1.29, 1.82) is 0 Å². The number of hydrogen-bond donors (Lipinski definition) is 2. The van der Waals surface area contributed by atoms with E-state index in [9.17, 15) is 9.90 Å². The van der Waals surface area contributed by atoms with Gasteiger partial charge >= 0.3 is 5.63 Å². The van der Waals surface area contributed by atoms with E-state index < -0.39 is 5.63 Å². The van der Waals surface area contributed by atoms with Gasteiger partial charge in [0.2, 0.25) is 0 Å². The van der Waals surface area contributed by atoms with Crippen molar-refractivity contribution >= 4 is 22.6 Å². The Labute approximate surface area is 144 Å². The summed E-state index contributed by atoms with van der Waals surface area (Å²) in [6, 6.07) is 12.5. The number of aromatic hydroxyl groups is 1. The lowest BCUT2D eigenvalue weighted by atomic mass is 10.0. The summed E-state index contributed by atoms with van der Waals surface area (Å²) in [6.45, 7) is 3.07. The van der Waals surface area contributed by atoms with E-state index in [0.717, 1.165) is 22.1 Å². The Hall–Kier alpha value is -2.30. The predicted molar refractivity (Wildman–Crippen MR) is 95.5 cm³/mol. The van der Waals surface area contributed by atoms with Gasteiger partial charge in [0.15, 0.2) is 0 Å². The van der Waals surface area contributed by atoms with Crippen LogP contribution >= 0.6 is 11.6 Å². The monoisotopic (exact) mass is 343 g/mol. The van der Waals surface area contributed by atoms with Gasteiger partial charge in [-0.3, -0.25) is 0 Å². The van der Waals surface area contributed by atoms with Crippen molar-refractivity contribution in [1.82, 2.24) is 5.32 Å². The molecule has 0 radical (unpaired) electrons. The average Bonchev–Trinajstić information content (AvgIpc) is 2.55. The standard InChI is InChI=1S/C19H18ClNO3/c1-2-12-7-15-14(8-19(23)24-18(15)9-17(12)22)11-21-10-13-5-3-4-6-16(13)20/h3-9,21-22H,2,10-11H2,1H3. The van der Waals surface area contributed by atoms with Crippen LogP contribution in [0, 0.1) is 0 Å². The van der Waals surface area contributed by atoms with Crippen LogP contribution in [-0.4, -0.2) is 5.11 Å². The molecule has 5 heteroatoms. The lowest BCUT2D eigenvalue weighted by Gasteiger charge is -2.10. The Morgan fingerprint density at radius 3 is 2.58 bits per heavy atom. The summed E-state index contributed by atoms with van der Waals surface area (Å²) in [4.78, 5) is 11.8. The van der Waals surface area contributed by atoms with Gasteiger partial charge in [-0.05, 0) is 35.2 Å². The molecule has 0 fully saturated rings. The summed E-state index contributed by atoms with van der Waals surface area (Å²) in [5.41, 5.74) is 2.62. The number of phenolic OH excluding ortho intramolecular Hbond substituents is 1. The lowest BCUT2D eigenvalue weighted by Crippen LogP contribution is -2.15. The molecule has 2 N–H and O–H groups in total. The Morgan fingerprint density at radius 2 is 1.83 bits per heavy atom. The molecule has 24 heavy (non-hydrogen) atoms. The Kier molecular flexibility index (Phi) is 4.88. The van der Waals surface area contributed by atoms with Gasteiger partial charge < -0.3 is 14.8 Å². The van der Waals surface area contributed by atoms with Crippen LogP contribution in [0.15, 0.2) is 51.7 Å². The first kappa shape index (κ1) is 16.6. The molecule has 0 saturated heterocycles. The average molecular weight is 344 g/mol. The summed E-state index contributed by atoms with van der Waals surface area (Å²) in [5.74, 6) is 0.148. The van der Waals surface area contributed by atoms with Crippen LogP contribution < -0.4 is 10.9 Å². The number of rotatable bonds is 5. The molecule has 4 nitrogen and oxygen atoms in total. The van der Waals surface area contributed by atoms with Crippen molar-refractivity contribution in [2.24, 2.45) is 0 Å². The highest BCUT2D eigenvalue weighted by atomic mass is 35.5. The van der Waals surface area contributed by atoms with Crippen molar-refractivity contribution in [3.05, 3.63) is 74.6 Å². The van der Waals surface area contributed by atoms with Crippen molar-refractivity contribution in [2.45, 2.75) is 26.4 Å². The molecule has 1 heterocycles. The van der Waals surface area contributed by atoms with Crippen LogP contribution in [0.1, 0.15) is 23.6 Å². The highest BCUT2D eigenvalue weighted by Crippen LogP contribution is 2.27. The largest absolute Gasteiger partial charge is 0.508 e. The van der Waals surface area contributed by atoms with Gasteiger partial charge in [-0.25, -0.2) is 4.79 Å². The quantitative estimate of drug-likeness (QED) is 0.687. The number of aryl methyl sites for hydroxylation is 1. The smallest absolute Gasteiger partial charge is 0.336 e. The molecular formula is C19H18ClNO3. The number of benzene rings is 2. The molecule has 0 saturated carbocycles. The summed E-state index contributed by atoms with van der Waals surface area (Å²) in [5, 5.41) is 14.8. The van der Waals surface area contributed by atoms with E-state index in [-0.39, 0.29) is 5.75 Å². The van der Waals surface area contributed by atoms with Crippen LogP contribution in [0.2, 0.25) is 5.02 Å². The van der Waals surface area contributed by atoms with Crippen LogP contribution in [0.4, 0.5) is 0 Å². The summed E-state index contributed by atoms with van der Waals surface area (Å²) in [6.07, 6.45) is 0.702. The maximum Gasteiger partial charge on any atom is 0.336 e. The Balaban J connectivity index is 1.88. The third-order valence-electron chi connectivity index (χ3n) is 4.00. The van der Waals surface area contributed by atoms with E-state index in [1.807, 2.05) is 37.3 Å². The first-order valence-electron chi connectivity index (χ1n) is 7.81. The minimum absolute atomic E-state index is 0.148. The fourth-order valence-electron chi connectivity index (χ4n) is 2.71.